The maximum Gasteiger partial charge on any atom is 0.0273 e. The first-order valence-corrected chi connectivity index (χ1v) is 5.15. The fourth-order valence-corrected chi connectivity index (χ4v) is 1.31. The Kier molecular flexibility index (Phi) is 3.65. The van der Waals surface area contributed by atoms with E-state index in [4.69, 9.17) is 0 Å². The molecule has 0 bridgehead atoms. The average Bonchev–Trinajstić information content (AvgIpc) is 2.37. The number of hydrogen-bond donors (Lipinski definition) is 0. The largest absolute Gasteiger partial charge is 0.265 e. The molecule has 0 aromatic carbocycles. The molecule has 0 fully saturated rings. The van der Waals surface area contributed by atoms with Gasteiger partial charge in [0.05, 0.1) is 0 Å². The van der Waals surface area contributed by atoms with E-state index in [1.54, 1.807) is 24.8 Å². The molecule has 16 heavy (non-hydrogen) atoms. The number of rotatable bonds is 3. The third-order valence-corrected chi connectivity index (χ3v) is 2.16. The molecule has 0 aliphatic heterocycles. The highest BCUT2D eigenvalue weighted by Gasteiger charge is 1.85. The summed E-state index contributed by atoms with van der Waals surface area (Å²) in [5.74, 6) is 0. The molecule has 0 aliphatic rings. The third-order valence-electron chi connectivity index (χ3n) is 2.16. The van der Waals surface area contributed by atoms with Gasteiger partial charge in [-0.3, -0.25) is 9.97 Å². The molecule has 0 amide bonds. The Balaban J connectivity index is 1.98. The van der Waals surface area contributed by atoms with Gasteiger partial charge >= 0.3 is 0 Å². The Morgan fingerprint density at radius 2 is 1.56 bits per heavy atom. The van der Waals surface area contributed by atoms with Crippen LogP contribution in [0.4, 0.5) is 0 Å². The lowest BCUT2D eigenvalue weighted by Gasteiger charge is -1.91. The maximum atomic E-state index is 3.97. The minimum absolute atomic E-state index is 0.879. The molecule has 2 nitrogen and oxygen atoms in total. The van der Waals surface area contributed by atoms with Crippen LogP contribution in [0.1, 0.15) is 11.1 Å². The molecule has 2 rings (SSSR count). The summed E-state index contributed by atoms with van der Waals surface area (Å²) in [6.07, 6.45) is 12.0. The number of nitrogens with zero attached hydrogens (tertiary/aromatic N) is 2. The zero-order valence-electron chi connectivity index (χ0n) is 8.88. The van der Waals surface area contributed by atoms with E-state index in [0.717, 1.165) is 12.0 Å². The van der Waals surface area contributed by atoms with Crippen molar-refractivity contribution in [3.05, 3.63) is 72.0 Å². The Bertz CT molecular complexity index is 483. The van der Waals surface area contributed by atoms with Gasteiger partial charge in [0.15, 0.2) is 0 Å². The zero-order chi connectivity index (χ0) is 11.1. The highest BCUT2D eigenvalue weighted by Crippen LogP contribution is 2.00. The Hall–Kier alpha value is -2.18. The molecule has 2 aromatic rings. The molecule has 2 heteroatoms. The summed E-state index contributed by atoms with van der Waals surface area (Å²) in [7, 11) is 0. The highest BCUT2D eigenvalue weighted by molar-refractivity contribution is 5.47. The minimum Gasteiger partial charge on any atom is -0.265 e. The Morgan fingerprint density at radius 1 is 0.938 bits per heavy atom. The normalized spacial score (nSPS) is 9.25. The minimum atomic E-state index is 0.879. The van der Waals surface area contributed by atoms with Crippen LogP contribution in [0, 0.1) is 0 Å². The van der Waals surface area contributed by atoms with E-state index < -0.39 is 0 Å². The van der Waals surface area contributed by atoms with Gasteiger partial charge in [0, 0.05) is 24.8 Å². The predicted octanol–water partition coefficient (Wildman–Crippen LogP) is 2.89. The van der Waals surface area contributed by atoms with Gasteiger partial charge in [-0.2, -0.15) is 0 Å². The van der Waals surface area contributed by atoms with Crippen LogP contribution >= 0.6 is 0 Å². The molecule has 0 saturated heterocycles. The standard InChI is InChI=1S/C14H12N2/c1(3-13-5-9-15-10-6-13)2-4-14-7-11-16-12-8-14/h1,4-12H,3H2. The monoisotopic (exact) mass is 208 g/mol. The average molecular weight is 208 g/mol. The van der Waals surface area contributed by atoms with Crippen molar-refractivity contribution in [2.24, 2.45) is 0 Å². The SMILES string of the molecule is C(=CCc1ccncc1)=Cc1ccncc1. The number of allylic oxidation sites excluding steroid dienone is 1. The van der Waals surface area contributed by atoms with Crippen molar-refractivity contribution in [1.82, 2.24) is 9.97 Å². The van der Waals surface area contributed by atoms with Gasteiger partial charge in [0.2, 0.25) is 0 Å². The molecule has 0 radical (unpaired) electrons. The van der Waals surface area contributed by atoms with Crippen molar-refractivity contribution in [3.63, 3.8) is 0 Å². The quantitative estimate of drug-likeness (QED) is 0.725. The van der Waals surface area contributed by atoms with E-state index in [1.807, 2.05) is 36.4 Å². The summed E-state index contributed by atoms with van der Waals surface area (Å²) in [4.78, 5) is 7.93. The molecule has 2 heterocycles. The first-order chi connectivity index (χ1) is 7.95. The molecule has 0 spiro atoms. The number of aromatic nitrogens is 2. The topological polar surface area (TPSA) is 25.8 Å². The van der Waals surface area contributed by atoms with Crippen molar-refractivity contribution in [3.8, 4) is 0 Å². The van der Waals surface area contributed by atoms with E-state index in [-0.39, 0.29) is 0 Å². The molecule has 0 atom stereocenters. The smallest absolute Gasteiger partial charge is 0.0273 e. The van der Waals surface area contributed by atoms with Gasteiger partial charge in [-0.1, -0.05) is 0 Å². The van der Waals surface area contributed by atoms with Crippen LogP contribution in [0.15, 0.2) is 60.9 Å². The second-order valence-corrected chi connectivity index (χ2v) is 3.36. The van der Waals surface area contributed by atoms with Crippen LogP contribution in [-0.2, 0) is 6.42 Å². The summed E-state index contributed by atoms with van der Waals surface area (Å²) in [5, 5.41) is 0. The van der Waals surface area contributed by atoms with Gasteiger partial charge in [0.25, 0.3) is 0 Å². The zero-order valence-corrected chi connectivity index (χ0v) is 8.88. The highest BCUT2D eigenvalue weighted by atomic mass is 14.6. The van der Waals surface area contributed by atoms with Crippen LogP contribution in [0.3, 0.4) is 0 Å². The molecule has 78 valence electrons. The van der Waals surface area contributed by atoms with E-state index >= 15 is 0 Å². The van der Waals surface area contributed by atoms with Crippen molar-refractivity contribution in [1.29, 1.82) is 0 Å². The van der Waals surface area contributed by atoms with Crippen molar-refractivity contribution < 1.29 is 0 Å². The van der Waals surface area contributed by atoms with E-state index in [1.165, 1.54) is 5.56 Å². The van der Waals surface area contributed by atoms with Gasteiger partial charge in [-0.15, -0.1) is 5.73 Å². The number of pyridine rings is 2. The fourth-order valence-electron chi connectivity index (χ4n) is 1.31. The van der Waals surface area contributed by atoms with E-state index in [2.05, 4.69) is 15.7 Å². The lowest BCUT2D eigenvalue weighted by Crippen LogP contribution is -1.79. The summed E-state index contributed by atoms with van der Waals surface area (Å²) >= 11 is 0. The molecule has 0 N–H and O–H groups in total. The fraction of sp³-hybridized carbons (Fsp3) is 0.0714. The van der Waals surface area contributed by atoms with Crippen LogP contribution in [0.2, 0.25) is 0 Å². The molecular weight excluding hydrogens is 196 g/mol. The lowest BCUT2D eigenvalue weighted by molar-refractivity contribution is 1.21. The van der Waals surface area contributed by atoms with Gasteiger partial charge in [-0.05, 0) is 54.0 Å². The summed E-state index contributed by atoms with van der Waals surface area (Å²) in [6.45, 7) is 0. The first-order valence-electron chi connectivity index (χ1n) is 5.15. The van der Waals surface area contributed by atoms with E-state index in [9.17, 15) is 0 Å². The maximum absolute atomic E-state index is 3.97. The van der Waals surface area contributed by atoms with Gasteiger partial charge in [0.1, 0.15) is 0 Å². The van der Waals surface area contributed by atoms with Gasteiger partial charge < -0.3 is 0 Å². The molecule has 0 saturated carbocycles. The van der Waals surface area contributed by atoms with Crippen molar-refractivity contribution in [2.45, 2.75) is 6.42 Å². The molecule has 0 aliphatic carbocycles. The van der Waals surface area contributed by atoms with Crippen molar-refractivity contribution in [2.75, 3.05) is 0 Å². The summed E-state index contributed by atoms with van der Waals surface area (Å²) in [5.41, 5.74) is 5.51. The van der Waals surface area contributed by atoms with Crippen LogP contribution in [0.5, 0.6) is 0 Å². The summed E-state index contributed by atoms with van der Waals surface area (Å²) in [6, 6.07) is 7.91. The first kappa shape index (κ1) is 10.3. The van der Waals surface area contributed by atoms with Gasteiger partial charge in [-0.25, -0.2) is 0 Å². The molecule has 2 aromatic heterocycles. The summed E-state index contributed by atoms with van der Waals surface area (Å²) < 4.78 is 0. The number of hydrogen-bond acceptors (Lipinski definition) is 2. The Morgan fingerprint density at radius 3 is 2.25 bits per heavy atom. The Labute approximate surface area is 95.0 Å². The third kappa shape index (κ3) is 3.19. The van der Waals surface area contributed by atoms with E-state index in [0.29, 0.717) is 0 Å². The van der Waals surface area contributed by atoms with Crippen molar-refractivity contribution >= 4 is 6.08 Å². The van der Waals surface area contributed by atoms with Crippen LogP contribution in [-0.4, -0.2) is 9.97 Å². The molecule has 0 unspecified atom stereocenters. The second kappa shape index (κ2) is 5.64. The van der Waals surface area contributed by atoms with Crippen LogP contribution < -0.4 is 0 Å². The molecular formula is C14H12N2. The predicted molar refractivity (Wildman–Crippen MR) is 64.7 cm³/mol. The second-order valence-electron chi connectivity index (χ2n) is 3.36. The van der Waals surface area contributed by atoms with Crippen LogP contribution in [0.25, 0.3) is 6.08 Å². The lowest BCUT2D eigenvalue weighted by atomic mass is 10.2.